The topological polar surface area (TPSA) is 85.7 Å². The van der Waals surface area contributed by atoms with Gasteiger partial charge in [0.25, 0.3) is 0 Å². The third-order valence-corrected chi connectivity index (χ3v) is 5.22. The van der Waals surface area contributed by atoms with E-state index in [4.69, 9.17) is 24.5 Å². The lowest BCUT2D eigenvalue weighted by atomic mass is 9.88. The summed E-state index contributed by atoms with van der Waals surface area (Å²) in [5.41, 5.74) is 11.0. The van der Waals surface area contributed by atoms with Crippen molar-refractivity contribution in [2.24, 2.45) is 11.0 Å². The van der Waals surface area contributed by atoms with Crippen molar-refractivity contribution in [1.82, 2.24) is 0 Å². The zero-order chi connectivity index (χ0) is 19.3. The Labute approximate surface area is 163 Å². The first-order valence-corrected chi connectivity index (χ1v) is 9.43. The Balaban J connectivity index is 1.47. The second kappa shape index (κ2) is 8.73. The van der Waals surface area contributed by atoms with Gasteiger partial charge in [0.05, 0.1) is 25.4 Å². The van der Waals surface area contributed by atoms with Gasteiger partial charge in [-0.05, 0) is 17.0 Å². The molecule has 6 atom stereocenters. The van der Waals surface area contributed by atoms with Crippen LogP contribution >= 0.6 is 0 Å². The molecule has 0 amide bonds. The quantitative estimate of drug-likeness (QED) is 0.437. The molecule has 7 heteroatoms. The number of nitrogens with zero attached hydrogens (tertiary/aromatic N) is 3. The van der Waals surface area contributed by atoms with Gasteiger partial charge in [-0.15, -0.1) is 0 Å². The number of hydrogen-bond acceptors (Lipinski definition) is 5. The van der Waals surface area contributed by atoms with E-state index >= 15 is 0 Å². The lowest BCUT2D eigenvalue weighted by Crippen LogP contribution is -2.58. The van der Waals surface area contributed by atoms with E-state index in [2.05, 4.69) is 10.0 Å². The molecule has 0 aromatic heterocycles. The van der Waals surface area contributed by atoms with E-state index in [-0.39, 0.29) is 18.1 Å². The molecular weight excluding hydrogens is 358 g/mol. The van der Waals surface area contributed by atoms with Crippen LogP contribution in [0.2, 0.25) is 0 Å². The van der Waals surface area contributed by atoms with E-state index in [1.807, 2.05) is 67.6 Å². The second-order valence-electron chi connectivity index (χ2n) is 7.07. The fraction of sp³-hybridized carbons (Fsp3) is 0.429. The highest BCUT2D eigenvalue weighted by Gasteiger charge is 2.48. The molecule has 2 fully saturated rings. The predicted molar refractivity (Wildman–Crippen MR) is 102 cm³/mol. The molecule has 2 aliphatic heterocycles. The van der Waals surface area contributed by atoms with Gasteiger partial charge in [-0.1, -0.05) is 72.7 Å². The summed E-state index contributed by atoms with van der Waals surface area (Å²) >= 11 is 0. The van der Waals surface area contributed by atoms with Gasteiger partial charge in [-0.25, -0.2) is 0 Å². The van der Waals surface area contributed by atoms with Crippen LogP contribution in [0.15, 0.2) is 65.8 Å². The van der Waals surface area contributed by atoms with Crippen LogP contribution in [0, 0.1) is 5.92 Å². The molecule has 0 bridgehead atoms. The molecular formula is C21H23N3O4. The Morgan fingerprint density at radius 3 is 2.50 bits per heavy atom. The molecule has 2 aliphatic rings. The zero-order valence-electron chi connectivity index (χ0n) is 15.6. The lowest BCUT2D eigenvalue weighted by molar-refractivity contribution is -0.334. The molecule has 2 aromatic rings. The van der Waals surface area contributed by atoms with Crippen molar-refractivity contribution < 1.29 is 18.9 Å². The zero-order valence-corrected chi connectivity index (χ0v) is 15.6. The maximum atomic E-state index is 9.05. The standard InChI is InChI=1S/C21H23N3O4/c1-14-18(23-24-22)21(25-12-15-8-4-2-5-9-15)27-17-13-26-20(28-19(14)17)16-10-6-3-7-11-16/h2-11,14,17-21H,12-13H2,1H3/t14-,17?,18?,19+,20?,21-/m1/s1. The molecule has 3 unspecified atom stereocenters. The summed E-state index contributed by atoms with van der Waals surface area (Å²) in [6.45, 7) is 2.77. The summed E-state index contributed by atoms with van der Waals surface area (Å²) in [7, 11) is 0. The number of fused-ring (bicyclic) bond motifs is 1. The minimum Gasteiger partial charge on any atom is -0.348 e. The molecule has 2 heterocycles. The van der Waals surface area contributed by atoms with Crippen LogP contribution in [0.4, 0.5) is 0 Å². The molecule has 0 radical (unpaired) electrons. The Morgan fingerprint density at radius 1 is 1.07 bits per heavy atom. The molecule has 0 saturated carbocycles. The highest BCUT2D eigenvalue weighted by atomic mass is 16.7. The molecule has 4 rings (SSSR count). The summed E-state index contributed by atoms with van der Waals surface area (Å²) in [6, 6.07) is 19.1. The van der Waals surface area contributed by atoms with Gasteiger partial charge in [0, 0.05) is 10.5 Å². The minimum absolute atomic E-state index is 0.0782. The van der Waals surface area contributed by atoms with Crippen molar-refractivity contribution >= 4 is 0 Å². The smallest absolute Gasteiger partial charge is 0.184 e. The fourth-order valence-corrected chi connectivity index (χ4v) is 3.72. The van der Waals surface area contributed by atoms with Gasteiger partial charge in [0.2, 0.25) is 0 Å². The van der Waals surface area contributed by atoms with Gasteiger partial charge in [0.1, 0.15) is 6.10 Å². The number of hydrogen-bond donors (Lipinski definition) is 0. The van der Waals surface area contributed by atoms with Crippen LogP contribution < -0.4 is 0 Å². The number of rotatable bonds is 5. The molecule has 28 heavy (non-hydrogen) atoms. The predicted octanol–water partition coefficient (Wildman–Crippen LogP) is 4.36. The molecule has 146 valence electrons. The van der Waals surface area contributed by atoms with Gasteiger partial charge < -0.3 is 18.9 Å². The van der Waals surface area contributed by atoms with E-state index in [1.165, 1.54) is 0 Å². The average molecular weight is 381 g/mol. The molecule has 2 aromatic carbocycles. The monoisotopic (exact) mass is 381 g/mol. The van der Waals surface area contributed by atoms with Gasteiger partial charge in [-0.2, -0.15) is 0 Å². The van der Waals surface area contributed by atoms with Crippen molar-refractivity contribution in [3.8, 4) is 0 Å². The van der Waals surface area contributed by atoms with Crippen LogP contribution in [0.5, 0.6) is 0 Å². The van der Waals surface area contributed by atoms with Gasteiger partial charge in [-0.3, -0.25) is 0 Å². The van der Waals surface area contributed by atoms with Crippen LogP contribution in [-0.2, 0) is 25.6 Å². The van der Waals surface area contributed by atoms with Crippen LogP contribution in [0.1, 0.15) is 24.3 Å². The van der Waals surface area contributed by atoms with E-state index in [0.717, 1.165) is 11.1 Å². The first-order valence-electron chi connectivity index (χ1n) is 9.43. The SMILES string of the molecule is C[C@@H]1C(N=[N+]=[N-])[C@H](OCc2ccccc2)OC2COC(c3ccccc3)O[C@H]21. The average Bonchev–Trinajstić information content (AvgIpc) is 2.76. The minimum atomic E-state index is -0.646. The second-order valence-corrected chi connectivity index (χ2v) is 7.07. The summed E-state index contributed by atoms with van der Waals surface area (Å²) in [5.74, 6) is -0.0782. The van der Waals surface area contributed by atoms with E-state index in [0.29, 0.717) is 13.2 Å². The van der Waals surface area contributed by atoms with Crippen LogP contribution in [-0.4, -0.2) is 31.1 Å². The Hall–Kier alpha value is -2.41. The highest BCUT2D eigenvalue weighted by Crippen LogP contribution is 2.38. The first kappa shape index (κ1) is 18.9. The van der Waals surface area contributed by atoms with E-state index in [9.17, 15) is 0 Å². The van der Waals surface area contributed by atoms with Crippen LogP contribution in [0.3, 0.4) is 0 Å². The molecule has 0 spiro atoms. The molecule has 0 aliphatic carbocycles. The Morgan fingerprint density at radius 2 is 1.79 bits per heavy atom. The molecule has 0 N–H and O–H groups in total. The Kier molecular flexibility index (Phi) is 5.90. The van der Waals surface area contributed by atoms with Crippen LogP contribution in [0.25, 0.3) is 10.4 Å². The van der Waals surface area contributed by atoms with Crippen molar-refractivity contribution in [3.63, 3.8) is 0 Å². The number of azide groups is 1. The number of benzene rings is 2. The normalized spacial score (nSPS) is 32.2. The molecule has 7 nitrogen and oxygen atoms in total. The maximum absolute atomic E-state index is 9.05. The van der Waals surface area contributed by atoms with Crippen molar-refractivity contribution in [3.05, 3.63) is 82.2 Å². The van der Waals surface area contributed by atoms with Crippen molar-refractivity contribution in [1.29, 1.82) is 0 Å². The summed E-state index contributed by atoms with van der Waals surface area (Å²) in [6.07, 6.45) is -1.62. The van der Waals surface area contributed by atoms with Crippen molar-refractivity contribution in [2.75, 3.05) is 6.61 Å². The molecule has 2 saturated heterocycles. The summed E-state index contributed by atoms with van der Waals surface area (Å²) in [5, 5.41) is 3.96. The fourth-order valence-electron chi connectivity index (χ4n) is 3.72. The van der Waals surface area contributed by atoms with E-state index < -0.39 is 18.6 Å². The Bertz CT molecular complexity index is 813. The third kappa shape index (κ3) is 4.04. The van der Waals surface area contributed by atoms with Gasteiger partial charge >= 0.3 is 0 Å². The first-order chi connectivity index (χ1) is 13.8. The number of ether oxygens (including phenoxy) is 4. The summed E-state index contributed by atoms with van der Waals surface area (Å²) in [4.78, 5) is 3.01. The van der Waals surface area contributed by atoms with Crippen molar-refractivity contribution in [2.45, 2.75) is 44.4 Å². The van der Waals surface area contributed by atoms with Gasteiger partial charge in [0.15, 0.2) is 12.6 Å². The highest BCUT2D eigenvalue weighted by molar-refractivity contribution is 5.17. The van der Waals surface area contributed by atoms with E-state index in [1.54, 1.807) is 0 Å². The maximum Gasteiger partial charge on any atom is 0.184 e. The lowest BCUT2D eigenvalue weighted by Gasteiger charge is -2.47. The third-order valence-electron chi connectivity index (χ3n) is 5.22. The largest absolute Gasteiger partial charge is 0.348 e. The summed E-state index contributed by atoms with van der Waals surface area (Å²) < 4.78 is 24.1.